The van der Waals surface area contributed by atoms with Gasteiger partial charge in [-0.1, -0.05) is 172 Å². The molecule has 0 radical (unpaired) electrons. The molecule has 0 aliphatic rings. The molecule has 2 unspecified atom stereocenters. The Labute approximate surface area is 339 Å². The molecule has 55 heavy (non-hydrogen) atoms. The van der Waals surface area contributed by atoms with Gasteiger partial charge in [-0.25, -0.2) is 4.57 Å². The van der Waals surface area contributed by atoms with E-state index in [2.05, 4.69) is 62.5 Å². The van der Waals surface area contributed by atoms with Gasteiger partial charge in [-0.2, -0.15) is 0 Å². The number of hydrogen-bond donors (Lipinski definition) is 1. The Morgan fingerprint density at radius 2 is 1.05 bits per heavy atom. The van der Waals surface area contributed by atoms with Crippen LogP contribution in [0.4, 0.5) is 0 Å². The smallest absolute Gasteiger partial charge is 0.457 e. The van der Waals surface area contributed by atoms with Crippen molar-refractivity contribution in [3.8, 4) is 0 Å². The van der Waals surface area contributed by atoms with Crippen LogP contribution in [0.1, 0.15) is 181 Å². The molecule has 0 heterocycles. The van der Waals surface area contributed by atoms with Crippen molar-refractivity contribution in [2.75, 3.05) is 54.1 Å². The third-order valence-electron chi connectivity index (χ3n) is 9.40. The van der Waals surface area contributed by atoms with E-state index < -0.39 is 13.9 Å². The van der Waals surface area contributed by atoms with Crippen LogP contribution >= 0.6 is 7.82 Å². The molecule has 0 amide bonds. The average molecular weight is 797 g/mol. The van der Waals surface area contributed by atoms with Gasteiger partial charge in [0, 0.05) is 13.0 Å². The predicted molar refractivity (Wildman–Crippen MR) is 233 cm³/mol. The number of hydrogen-bond acceptors (Lipinski definition) is 6. The molecule has 0 aliphatic carbocycles. The zero-order valence-electron chi connectivity index (χ0n) is 36.4. The van der Waals surface area contributed by atoms with E-state index >= 15 is 0 Å². The molecule has 0 rings (SSSR count). The lowest BCUT2D eigenvalue weighted by molar-refractivity contribution is -0.870. The fourth-order valence-electron chi connectivity index (χ4n) is 5.96. The molecule has 2 atom stereocenters. The van der Waals surface area contributed by atoms with Crippen molar-refractivity contribution in [1.29, 1.82) is 0 Å². The Balaban J connectivity index is 4.27. The Bertz CT molecular complexity index is 1020. The highest BCUT2D eigenvalue weighted by atomic mass is 31.2. The van der Waals surface area contributed by atoms with E-state index in [-0.39, 0.29) is 25.8 Å². The van der Waals surface area contributed by atoms with Gasteiger partial charge in [-0.15, -0.1) is 0 Å². The third-order valence-corrected chi connectivity index (χ3v) is 10.4. The van der Waals surface area contributed by atoms with Gasteiger partial charge in [0.2, 0.25) is 0 Å². The summed E-state index contributed by atoms with van der Waals surface area (Å²) in [5.74, 6) is -0.324. The number of quaternary nitrogens is 1. The van der Waals surface area contributed by atoms with E-state index in [1.54, 1.807) is 0 Å². The van der Waals surface area contributed by atoms with Crippen LogP contribution < -0.4 is 0 Å². The number of nitrogens with zero attached hydrogens (tertiary/aromatic N) is 1. The van der Waals surface area contributed by atoms with Crippen LogP contribution in [0.2, 0.25) is 0 Å². The Morgan fingerprint density at radius 1 is 0.582 bits per heavy atom. The highest BCUT2D eigenvalue weighted by Gasteiger charge is 2.26. The molecule has 1 N–H and O–H groups in total. The molecular weight excluding hydrogens is 709 g/mol. The normalized spacial score (nSPS) is 14.2. The lowest BCUT2D eigenvalue weighted by Gasteiger charge is -2.24. The fourth-order valence-corrected chi connectivity index (χ4v) is 6.70. The van der Waals surface area contributed by atoms with Crippen molar-refractivity contribution >= 4 is 13.8 Å². The van der Waals surface area contributed by atoms with Crippen molar-refractivity contribution < 1.29 is 37.3 Å². The van der Waals surface area contributed by atoms with Crippen LogP contribution in [-0.4, -0.2) is 75.6 Å². The first-order chi connectivity index (χ1) is 26.6. The summed E-state index contributed by atoms with van der Waals surface area (Å²) in [6.45, 7) is 5.44. The molecule has 8 nitrogen and oxygen atoms in total. The van der Waals surface area contributed by atoms with Gasteiger partial charge in [0.1, 0.15) is 19.3 Å². The number of likely N-dealkylation sites (N-methyl/N-ethyl adjacent to an activating group) is 1. The van der Waals surface area contributed by atoms with E-state index in [0.29, 0.717) is 24.1 Å². The maximum Gasteiger partial charge on any atom is 0.472 e. The van der Waals surface area contributed by atoms with Gasteiger partial charge in [0.05, 0.1) is 34.4 Å². The fraction of sp³-hybridized carbons (Fsp3) is 0.804. The molecule has 0 saturated carbocycles. The van der Waals surface area contributed by atoms with Crippen LogP contribution in [0.15, 0.2) is 48.6 Å². The van der Waals surface area contributed by atoms with Gasteiger partial charge in [0.25, 0.3) is 0 Å². The van der Waals surface area contributed by atoms with Gasteiger partial charge >= 0.3 is 13.8 Å². The number of allylic oxidation sites excluding steroid dienone is 8. The van der Waals surface area contributed by atoms with Crippen molar-refractivity contribution in [3.05, 3.63) is 48.6 Å². The number of carbonyl (C=O) groups excluding carboxylic acids is 1. The van der Waals surface area contributed by atoms with Crippen molar-refractivity contribution in [2.45, 2.75) is 187 Å². The quantitative estimate of drug-likeness (QED) is 0.0217. The lowest BCUT2D eigenvalue weighted by atomic mass is 10.0. The lowest BCUT2D eigenvalue weighted by Crippen LogP contribution is -2.37. The largest absolute Gasteiger partial charge is 0.472 e. The number of phosphoric ester groups is 1. The molecule has 0 aliphatic heterocycles. The Kier molecular flexibility index (Phi) is 38.2. The molecule has 322 valence electrons. The molecule has 0 aromatic heterocycles. The predicted octanol–water partition coefficient (Wildman–Crippen LogP) is 13.2. The summed E-state index contributed by atoms with van der Waals surface area (Å²) in [6, 6.07) is 0. The minimum atomic E-state index is -4.28. The van der Waals surface area contributed by atoms with Crippen molar-refractivity contribution in [1.82, 2.24) is 0 Å². The first-order valence-corrected chi connectivity index (χ1v) is 23.9. The summed E-state index contributed by atoms with van der Waals surface area (Å²) in [7, 11) is 1.64. The van der Waals surface area contributed by atoms with Crippen molar-refractivity contribution in [3.63, 3.8) is 0 Å². The minimum Gasteiger partial charge on any atom is -0.457 e. The molecule has 0 aromatic carbocycles. The van der Waals surface area contributed by atoms with E-state index in [1.807, 2.05) is 21.1 Å². The minimum absolute atomic E-state index is 0.0818. The van der Waals surface area contributed by atoms with Gasteiger partial charge in [-0.05, 0) is 51.4 Å². The second-order valence-electron chi connectivity index (χ2n) is 16.1. The summed E-state index contributed by atoms with van der Waals surface area (Å²) in [5, 5.41) is 0. The standard InChI is InChI=1S/C46H86NO7P/c1-6-8-10-12-14-16-18-20-22-24-25-27-29-31-33-35-37-39-46(48)54-45(44-53-55(49,50)52-42-40-47(3,4)5)43-51-41-38-36-34-32-30-28-26-23-21-19-17-15-13-11-9-7-2/h9,11,15,17,21,23,28,30,45H,6-8,10,12-14,16,18-20,22,24-27,29,31-44H2,1-5H3/p+1/b11-9-,17-15-,23-21-,30-28-. The van der Waals surface area contributed by atoms with Gasteiger partial charge in [0.15, 0.2) is 0 Å². The second-order valence-corrected chi connectivity index (χ2v) is 17.5. The molecule has 9 heteroatoms. The first kappa shape index (κ1) is 53.5. The SMILES string of the molecule is CC/C=C\C/C=C\C/C=C\C/C=C\CCCCCOCC(COP(=O)(O)OCC[N+](C)(C)C)OC(=O)CCCCCCCCCCCCCCCCCCC. The summed E-state index contributed by atoms with van der Waals surface area (Å²) in [6.07, 6.45) is 47.2. The van der Waals surface area contributed by atoms with Crippen LogP contribution in [0, 0.1) is 0 Å². The molecule has 0 saturated heterocycles. The maximum absolute atomic E-state index is 12.7. The van der Waals surface area contributed by atoms with E-state index in [1.165, 1.54) is 89.9 Å². The number of esters is 1. The first-order valence-electron chi connectivity index (χ1n) is 22.4. The van der Waals surface area contributed by atoms with Crippen LogP contribution in [0.5, 0.6) is 0 Å². The number of carbonyl (C=O) groups is 1. The van der Waals surface area contributed by atoms with Gasteiger partial charge < -0.3 is 18.9 Å². The third kappa shape index (κ3) is 43.4. The highest BCUT2D eigenvalue weighted by molar-refractivity contribution is 7.47. The number of rotatable bonds is 41. The second kappa shape index (κ2) is 39.3. The Hall–Kier alpha value is -1.54. The monoisotopic (exact) mass is 797 g/mol. The van der Waals surface area contributed by atoms with E-state index in [9.17, 15) is 14.3 Å². The zero-order chi connectivity index (χ0) is 40.6. The molecule has 0 bridgehead atoms. The van der Waals surface area contributed by atoms with Crippen molar-refractivity contribution in [2.24, 2.45) is 0 Å². The number of unbranched alkanes of at least 4 members (excludes halogenated alkanes) is 19. The van der Waals surface area contributed by atoms with Crippen LogP contribution in [-0.2, 0) is 27.9 Å². The molecule has 0 aromatic rings. The summed E-state index contributed by atoms with van der Waals surface area (Å²) in [4.78, 5) is 22.9. The number of ether oxygens (including phenoxy) is 2. The van der Waals surface area contributed by atoms with E-state index in [0.717, 1.165) is 70.6 Å². The molecule has 0 fully saturated rings. The zero-order valence-corrected chi connectivity index (χ0v) is 37.3. The summed E-state index contributed by atoms with van der Waals surface area (Å²) in [5.41, 5.74) is 0. The Morgan fingerprint density at radius 3 is 1.56 bits per heavy atom. The summed E-state index contributed by atoms with van der Waals surface area (Å²) >= 11 is 0. The number of phosphoric acid groups is 1. The topological polar surface area (TPSA) is 91.3 Å². The highest BCUT2D eigenvalue weighted by Crippen LogP contribution is 2.43. The van der Waals surface area contributed by atoms with Gasteiger partial charge in [-0.3, -0.25) is 13.8 Å². The summed E-state index contributed by atoms with van der Waals surface area (Å²) < 4.78 is 35.0. The average Bonchev–Trinajstić information content (AvgIpc) is 3.13. The van der Waals surface area contributed by atoms with Crippen LogP contribution in [0.3, 0.4) is 0 Å². The van der Waals surface area contributed by atoms with E-state index in [4.69, 9.17) is 18.5 Å². The molecule has 0 spiro atoms. The molecular formula is C46H87NO7P+. The maximum atomic E-state index is 12.7. The van der Waals surface area contributed by atoms with Crippen LogP contribution in [0.25, 0.3) is 0 Å².